The lowest BCUT2D eigenvalue weighted by Gasteiger charge is -2.50. The maximum Gasteiger partial charge on any atom is 0.336 e. The third-order valence-corrected chi connectivity index (χ3v) is 5.00. The zero-order valence-electron chi connectivity index (χ0n) is 12.9. The first-order valence-electron chi connectivity index (χ1n) is 7.91. The Bertz CT molecular complexity index is 538. The summed E-state index contributed by atoms with van der Waals surface area (Å²) < 4.78 is 0. The van der Waals surface area contributed by atoms with E-state index in [9.17, 15) is 9.90 Å². The van der Waals surface area contributed by atoms with Gasteiger partial charge in [-0.1, -0.05) is 12.5 Å². The number of rotatable bonds is 3. The lowest BCUT2D eigenvalue weighted by atomic mass is 9.96. The van der Waals surface area contributed by atoms with E-state index in [1.54, 1.807) is 0 Å². The molecule has 21 heavy (non-hydrogen) atoms. The van der Waals surface area contributed by atoms with Crippen molar-refractivity contribution in [2.45, 2.75) is 45.2 Å². The number of likely N-dealkylation sites (tertiary alicyclic amines) is 1. The highest BCUT2D eigenvalue weighted by atomic mass is 16.4. The van der Waals surface area contributed by atoms with Crippen molar-refractivity contribution in [1.82, 2.24) is 4.90 Å². The highest BCUT2D eigenvalue weighted by Gasteiger charge is 2.35. The maximum atomic E-state index is 11.2. The lowest BCUT2D eigenvalue weighted by molar-refractivity contribution is 0.0696. The Morgan fingerprint density at radius 3 is 2.71 bits per heavy atom. The molecule has 0 amide bonds. The largest absolute Gasteiger partial charge is 0.478 e. The van der Waals surface area contributed by atoms with Crippen LogP contribution in [-0.4, -0.2) is 47.7 Å². The number of carbonyl (C=O) groups is 1. The molecule has 1 atom stereocenters. The molecule has 2 aliphatic heterocycles. The molecule has 3 rings (SSSR count). The van der Waals surface area contributed by atoms with Gasteiger partial charge in [-0.25, -0.2) is 4.79 Å². The second kappa shape index (κ2) is 5.68. The second-order valence-corrected chi connectivity index (χ2v) is 6.45. The lowest BCUT2D eigenvalue weighted by Crippen LogP contribution is -2.62. The number of piperidine rings is 1. The van der Waals surface area contributed by atoms with E-state index < -0.39 is 5.97 Å². The van der Waals surface area contributed by atoms with Crippen molar-refractivity contribution < 1.29 is 9.90 Å². The zero-order valence-corrected chi connectivity index (χ0v) is 12.9. The third-order valence-electron chi connectivity index (χ3n) is 5.00. The Morgan fingerprint density at radius 1 is 1.29 bits per heavy atom. The number of carboxylic acids is 1. The minimum atomic E-state index is -0.837. The van der Waals surface area contributed by atoms with Gasteiger partial charge in [0.2, 0.25) is 0 Å². The Balaban J connectivity index is 1.66. The number of carboxylic acid groups (broad SMARTS) is 1. The van der Waals surface area contributed by atoms with Crippen molar-refractivity contribution in [1.29, 1.82) is 0 Å². The van der Waals surface area contributed by atoms with Gasteiger partial charge in [0.15, 0.2) is 0 Å². The van der Waals surface area contributed by atoms with Crippen LogP contribution in [0.1, 0.15) is 42.1 Å². The molecule has 4 heteroatoms. The number of benzene rings is 1. The Labute approximate surface area is 126 Å². The van der Waals surface area contributed by atoms with Crippen LogP contribution in [0, 0.1) is 6.92 Å². The first-order valence-corrected chi connectivity index (χ1v) is 7.91. The summed E-state index contributed by atoms with van der Waals surface area (Å²) in [5, 5.41) is 9.23. The molecule has 0 bridgehead atoms. The fraction of sp³-hybridized carbons (Fsp3) is 0.588. The monoisotopic (exact) mass is 288 g/mol. The molecule has 0 spiro atoms. The molecule has 0 saturated carbocycles. The molecular weight excluding hydrogens is 264 g/mol. The summed E-state index contributed by atoms with van der Waals surface area (Å²) in [7, 11) is 0. The molecule has 0 aliphatic carbocycles. The van der Waals surface area contributed by atoms with Crippen molar-refractivity contribution >= 4 is 11.7 Å². The van der Waals surface area contributed by atoms with E-state index in [2.05, 4.69) is 16.7 Å². The molecule has 2 aliphatic rings. The van der Waals surface area contributed by atoms with Crippen molar-refractivity contribution in [2.75, 3.05) is 24.5 Å². The van der Waals surface area contributed by atoms with Crippen LogP contribution in [0.3, 0.4) is 0 Å². The second-order valence-electron chi connectivity index (χ2n) is 6.45. The number of anilines is 1. The molecule has 0 aromatic heterocycles. The van der Waals surface area contributed by atoms with E-state index in [4.69, 9.17) is 0 Å². The molecule has 114 valence electrons. The van der Waals surface area contributed by atoms with Crippen LogP contribution in [0.5, 0.6) is 0 Å². The Kier molecular flexibility index (Phi) is 3.89. The number of aromatic carboxylic acids is 1. The summed E-state index contributed by atoms with van der Waals surface area (Å²) >= 11 is 0. The van der Waals surface area contributed by atoms with E-state index in [-0.39, 0.29) is 0 Å². The molecule has 4 nitrogen and oxygen atoms in total. The van der Waals surface area contributed by atoms with Gasteiger partial charge in [0, 0.05) is 30.9 Å². The highest BCUT2D eigenvalue weighted by molar-refractivity contribution is 5.90. The number of hydrogen-bond acceptors (Lipinski definition) is 3. The fourth-order valence-electron chi connectivity index (χ4n) is 3.58. The standard InChI is InChI=1S/C17H24N2O2/c1-12-6-7-14(9-16(12)17(20)21)18-10-15(11-18)19-8-4-3-5-13(19)2/h6-7,9,13,15H,3-5,8,10-11H2,1-2H3,(H,20,21). The van der Waals surface area contributed by atoms with Gasteiger partial charge in [-0.3, -0.25) is 4.90 Å². The molecular formula is C17H24N2O2. The molecule has 2 heterocycles. The van der Waals surface area contributed by atoms with Crippen LogP contribution >= 0.6 is 0 Å². The average molecular weight is 288 g/mol. The van der Waals surface area contributed by atoms with Gasteiger partial charge >= 0.3 is 5.97 Å². The summed E-state index contributed by atoms with van der Waals surface area (Å²) in [4.78, 5) is 16.2. The van der Waals surface area contributed by atoms with Crippen molar-refractivity contribution in [3.05, 3.63) is 29.3 Å². The summed E-state index contributed by atoms with van der Waals surface area (Å²) in [6.45, 7) is 7.44. The molecule has 1 aromatic carbocycles. The predicted octanol–water partition coefficient (Wildman–Crippen LogP) is 2.76. The van der Waals surface area contributed by atoms with Crippen molar-refractivity contribution in [2.24, 2.45) is 0 Å². The van der Waals surface area contributed by atoms with E-state index >= 15 is 0 Å². The fourth-order valence-corrected chi connectivity index (χ4v) is 3.58. The van der Waals surface area contributed by atoms with Gasteiger partial charge < -0.3 is 10.0 Å². The maximum absolute atomic E-state index is 11.2. The van der Waals surface area contributed by atoms with E-state index in [0.717, 1.165) is 24.3 Å². The smallest absolute Gasteiger partial charge is 0.336 e. The highest BCUT2D eigenvalue weighted by Crippen LogP contribution is 2.29. The normalized spacial score (nSPS) is 23.9. The molecule has 1 unspecified atom stereocenters. The van der Waals surface area contributed by atoms with Crippen LogP contribution in [0.2, 0.25) is 0 Å². The number of aryl methyl sites for hydroxylation is 1. The van der Waals surface area contributed by atoms with Crippen molar-refractivity contribution in [3.8, 4) is 0 Å². The minimum Gasteiger partial charge on any atom is -0.478 e. The summed E-state index contributed by atoms with van der Waals surface area (Å²) in [6, 6.07) is 7.09. The van der Waals surface area contributed by atoms with Gasteiger partial charge in [0.25, 0.3) is 0 Å². The Morgan fingerprint density at radius 2 is 2.05 bits per heavy atom. The SMILES string of the molecule is Cc1ccc(N2CC(N3CCCCC3C)C2)cc1C(=O)O. The van der Waals surface area contributed by atoms with Crippen LogP contribution in [0.4, 0.5) is 5.69 Å². The molecule has 1 N–H and O–H groups in total. The topological polar surface area (TPSA) is 43.8 Å². The Hall–Kier alpha value is -1.55. The first-order chi connectivity index (χ1) is 10.1. The summed E-state index contributed by atoms with van der Waals surface area (Å²) in [6.07, 6.45) is 3.98. The van der Waals surface area contributed by atoms with Gasteiger partial charge in [0.05, 0.1) is 5.56 Å². The molecule has 0 radical (unpaired) electrons. The van der Waals surface area contributed by atoms with Crippen LogP contribution in [-0.2, 0) is 0 Å². The van der Waals surface area contributed by atoms with Gasteiger partial charge in [-0.05, 0) is 50.9 Å². The van der Waals surface area contributed by atoms with Crippen molar-refractivity contribution in [3.63, 3.8) is 0 Å². The molecule has 2 saturated heterocycles. The average Bonchev–Trinajstić information content (AvgIpc) is 2.40. The molecule has 2 fully saturated rings. The zero-order chi connectivity index (χ0) is 15.0. The summed E-state index contributed by atoms with van der Waals surface area (Å²) in [5.41, 5.74) is 2.29. The first kappa shape index (κ1) is 14.4. The quantitative estimate of drug-likeness (QED) is 0.929. The van der Waals surface area contributed by atoms with Crippen LogP contribution < -0.4 is 4.90 Å². The number of nitrogens with zero attached hydrogens (tertiary/aromatic N) is 2. The van der Waals surface area contributed by atoms with Crippen LogP contribution in [0.25, 0.3) is 0 Å². The molecule has 1 aromatic rings. The summed E-state index contributed by atoms with van der Waals surface area (Å²) in [5.74, 6) is -0.837. The third kappa shape index (κ3) is 2.77. The predicted molar refractivity (Wildman–Crippen MR) is 84.2 cm³/mol. The minimum absolute atomic E-state index is 0.419. The van der Waals surface area contributed by atoms with E-state index in [1.165, 1.54) is 25.8 Å². The van der Waals surface area contributed by atoms with E-state index in [1.807, 2.05) is 25.1 Å². The van der Waals surface area contributed by atoms with Gasteiger partial charge in [-0.15, -0.1) is 0 Å². The van der Waals surface area contributed by atoms with Gasteiger partial charge in [0.1, 0.15) is 0 Å². The number of hydrogen-bond donors (Lipinski definition) is 1. The van der Waals surface area contributed by atoms with E-state index in [0.29, 0.717) is 17.6 Å². The van der Waals surface area contributed by atoms with Gasteiger partial charge in [-0.2, -0.15) is 0 Å². The van der Waals surface area contributed by atoms with Crippen LogP contribution in [0.15, 0.2) is 18.2 Å².